The topological polar surface area (TPSA) is 58.6 Å². The molecule has 0 atom stereocenters. The van der Waals surface area contributed by atoms with E-state index >= 15 is 0 Å². The number of anilines is 1. The van der Waals surface area contributed by atoms with E-state index in [2.05, 4.69) is 10.1 Å². The van der Waals surface area contributed by atoms with Crippen LogP contribution in [0.4, 0.5) is 18.9 Å². The highest BCUT2D eigenvalue weighted by atomic mass is 19.4. The first-order valence-electron chi connectivity index (χ1n) is 6.24. The number of aliphatic hydroxyl groups excluding tert-OH is 1. The summed E-state index contributed by atoms with van der Waals surface area (Å²) in [5, 5.41) is 11.1. The smallest absolute Gasteiger partial charge is 0.406 e. The lowest BCUT2D eigenvalue weighted by Crippen LogP contribution is -2.16. The van der Waals surface area contributed by atoms with E-state index in [-0.39, 0.29) is 5.75 Å². The summed E-state index contributed by atoms with van der Waals surface area (Å²) in [6.07, 6.45) is -4.71. The van der Waals surface area contributed by atoms with Gasteiger partial charge in [0.15, 0.2) is 0 Å². The molecule has 1 amide bonds. The van der Waals surface area contributed by atoms with Crippen molar-refractivity contribution in [2.24, 2.45) is 0 Å². The molecular weight excluding hydrogens is 299 g/mol. The summed E-state index contributed by atoms with van der Waals surface area (Å²) in [7, 11) is 0. The second-order valence-corrected chi connectivity index (χ2v) is 4.36. The van der Waals surface area contributed by atoms with Gasteiger partial charge in [0.1, 0.15) is 12.4 Å². The lowest BCUT2D eigenvalue weighted by Gasteiger charge is -2.09. The minimum atomic E-state index is -4.71. The fraction of sp³-hybridized carbons (Fsp3) is 0.133. The minimum Gasteiger partial charge on any atom is -0.406 e. The number of nitrogens with one attached hydrogen (secondary N) is 1. The first-order valence-corrected chi connectivity index (χ1v) is 6.24. The van der Waals surface area contributed by atoms with Crippen LogP contribution in [0.1, 0.15) is 0 Å². The van der Waals surface area contributed by atoms with Crippen molar-refractivity contribution in [2.45, 2.75) is 6.36 Å². The van der Waals surface area contributed by atoms with E-state index < -0.39 is 18.9 Å². The average Bonchev–Trinajstić information content (AvgIpc) is 2.47. The van der Waals surface area contributed by atoms with Gasteiger partial charge in [0.25, 0.3) is 0 Å². The third-order valence-electron chi connectivity index (χ3n) is 2.73. The predicted molar refractivity (Wildman–Crippen MR) is 74.3 cm³/mol. The van der Waals surface area contributed by atoms with E-state index in [4.69, 9.17) is 5.11 Å². The van der Waals surface area contributed by atoms with E-state index in [1.165, 1.54) is 24.3 Å². The first-order chi connectivity index (χ1) is 10.4. The molecule has 0 aliphatic carbocycles. The number of hydrogen-bond donors (Lipinski definition) is 2. The monoisotopic (exact) mass is 311 g/mol. The summed E-state index contributed by atoms with van der Waals surface area (Å²) >= 11 is 0. The molecule has 0 unspecified atom stereocenters. The van der Waals surface area contributed by atoms with Gasteiger partial charge in [0.2, 0.25) is 5.91 Å². The van der Waals surface area contributed by atoms with Crippen molar-refractivity contribution < 1.29 is 27.8 Å². The molecule has 0 radical (unpaired) electrons. The number of ether oxygens (including phenoxy) is 1. The SMILES string of the molecule is O=C(CO)Nc1ccc(-c2ccc(OC(F)(F)F)cc2)cc1. The van der Waals surface area contributed by atoms with Gasteiger partial charge < -0.3 is 15.2 Å². The van der Waals surface area contributed by atoms with Gasteiger partial charge >= 0.3 is 6.36 Å². The first kappa shape index (κ1) is 15.8. The molecular formula is C15H12F3NO3. The molecule has 0 aliphatic rings. The molecule has 0 fully saturated rings. The van der Waals surface area contributed by atoms with E-state index in [1.807, 2.05) is 0 Å². The standard InChI is InChI=1S/C15H12F3NO3/c16-15(17,18)22-13-7-3-11(4-8-13)10-1-5-12(6-2-10)19-14(21)9-20/h1-8,20H,9H2,(H,19,21). The molecule has 0 aromatic heterocycles. The Labute approximate surface area is 124 Å². The third-order valence-corrected chi connectivity index (χ3v) is 2.73. The van der Waals surface area contributed by atoms with Crippen LogP contribution in [0.3, 0.4) is 0 Å². The Morgan fingerprint density at radius 3 is 1.95 bits per heavy atom. The zero-order valence-electron chi connectivity index (χ0n) is 11.2. The van der Waals surface area contributed by atoms with Gasteiger partial charge in [0, 0.05) is 5.69 Å². The molecule has 0 spiro atoms. The number of rotatable bonds is 4. The Balaban J connectivity index is 2.10. The van der Waals surface area contributed by atoms with Crippen LogP contribution in [0.2, 0.25) is 0 Å². The quantitative estimate of drug-likeness (QED) is 0.912. The number of carbonyl (C=O) groups excluding carboxylic acids is 1. The molecule has 0 aliphatic heterocycles. The van der Waals surface area contributed by atoms with Crippen LogP contribution in [0.25, 0.3) is 11.1 Å². The molecule has 0 saturated carbocycles. The molecule has 22 heavy (non-hydrogen) atoms. The molecule has 2 aromatic carbocycles. The normalized spacial score (nSPS) is 11.1. The Morgan fingerprint density at radius 1 is 1.00 bits per heavy atom. The number of carbonyl (C=O) groups is 1. The van der Waals surface area contributed by atoms with E-state index in [1.54, 1.807) is 24.3 Å². The van der Waals surface area contributed by atoms with Crippen LogP contribution in [0.15, 0.2) is 48.5 Å². The van der Waals surface area contributed by atoms with Crippen molar-refractivity contribution in [3.05, 3.63) is 48.5 Å². The maximum Gasteiger partial charge on any atom is 0.573 e. The number of halogens is 3. The van der Waals surface area contributed by atoms with E-state index in [0.717, 1.165) is 5.56 Å². The van der Waals surface area contributed by atoms with Crippen LogP contribution in [0.5, 0.6) is 5.75 Å². The number of benzene rings is 2. The lowest BCUT2D eigenvalue weighted by molar-refractivity contribution is -0.274. The van der Waals surface area contributed by atoms with Gasteiger partial charge in [-0.1, -0.05) is 24.3 Å². The highest BCUT2D eigenvalue weighted by molar-refractivity contribution is 5.91. The molecule has 4 nitrogen and oxygen atoms in total. The van der Waals surface area contributed by atoms with Crippen molar-refractivity contribution in [3.8, 4) is 16.9 Å². The zero-order valence-corrected chi connectivity index (χ0v) is 11.2. The molecule has 116 valence electrons. The Kier molecular flexibility index (Phi) is 4.67. The second kappa shape index (κ2) is 6.48. The Bertz CT molecular complexity index is 637. The zero-order chi connectivity index (χ0) is 16.2. The summed E-state index contributed by atoms with van der Waals surface area (Å²) in [5.41, 5.74) is 1.98. The van der Waals surface area contributed by atoms with Gasteiger partial charge in [-0.05, 0) is 35.4 Å². The average molecular weight is 311 g/mol. The lowest BCUT2D eigenvalue weighted by atomic mass is 10.1. The van der Waals surface area contributed by atoms with Gasteiger partial charge in [-0.25, -0.2) is 0 Å². The summed E-state index contributed by atoms with van der Waals surface area (Å²) < 4.78 is 40.0. The Hall–Kier alpha value is -2.54. The van der Waals surface area contributed by atoms with Gasteiger partial charge in [0.05, 0.1) is 0 Å². The fourth-order valence-corrected chi connectivity index (χ4v) is 1.80. The number of amides is 1. The van der Waals surface area contributed by atoms with Crippen molar-refractivity contribution in [1.29, 1.82) is 0 Å². The van der Waals surface area contributed by atoms with Crippen molar-refractivity contribution in [1.82, 2.24) is 0 Å². The molecule has 0 bridgehead atoms. The second-order valence-electron chi connectivity index (χ2n) is 4.36. The highest BCUT2D eigenvalue weighted by Gasteiger charge is 2.30. The van der Waals surface area contributed by atoms with Gasteiger partial charge in [-0.15, -0.1) is 13.2 Å². The number of aliphatic hydroxyl groups is 1. The third kappa shape index (κ3) is 4.49. The molecule has 7 heteroatoms. The van der Waals surface area contributed by atoms with Gasteiger partial charge in [-0.2, -0.15) is 0 Å². The predicted octanol–water partition coefficient (Wildman–Crippen LogP) is 3.18. The molecule has 0 saturated heterocycles. The summed E-state index contributed by atoms with van der Waals surface area (Å²) in [4.78, 5) is 11.0. The van der Waals surface area contributed by atoms with Crippen LogP contribution in [-0.4, -0.2) is 24.0 Å². The maximum absolute atomic E-state index is 12.1. The van der Waals surface area contributed by atoms with E-state index in [0.29, 0.717) is 11.3 Å². The molecule has 2 N–H and O–H groups in total. The largest absolute Gasteiger partial charge is 0.573 e. The maximum atomic E-state index is 12.1. The van der Waals surface area contributed by atoms with Crippen molar-refractivity contribution >= 4 is 11.6 Å². The minimum absolute atomic E-state index is 0.289. The van der Waals surface area contributed by atoms with Crippen LogP contribution >= 0.6 is 0 Å². The summed E-state index contributed by atoms with van der Waals surface area (Å²) in [6.45, 7) is -0.609. The highest BCUT2D eigenvalue weighted by Crippen LogP contribution is 2.27. The van der Waals surface area contributed by atoms with Crippen molar-refractivity contribution in [2.75, 3.05) is 11.9 Å². The Morgan fingerprint density at radius 2 is 1.50 bits per heavy atom. The molecule has 0 heterocycles. The van der Waals surface area contributed by atoms with Crippen LogP contribution in [0, 0.1) is 0 Å². The van der Waals surface area contributed by atoms with Crippen LogP contribution < -0.4 is 10.1 Å². The molecule has 2 rings (SSSR count). The van der Waals surface area contributed by atoms with Gasteiger partial charge in [-0.3, -0.25) is 4.79 Å². The summed E-state index contributed by atoms with van der Waals surface area (Å²) in [5.74, 6) is -0.815. The fourth-order valence-electron chi connectivity index (χ4n) is 1.80. The van der Waals surface area contributed by atoms with Crippen molar-refractivity contribution in [3.63, 3.8) is 0 Å². The summed E-state index contributed by atoms with van der Waals surface area (Å²) in [6, 6.07) is 12.1. The molecule has 2 aromatic rings. The number of hydrogen-bond acceptors (Lipinski definition) is 3. The van der Waals surface area contributed by atoms with E-state index in [9.17, 15) is 18.0 Å². The number of alkyl halides is 3. The van der Waals surface area contributed by atoms with Crippen LogP contribution in [-0.2, 0) is 4.79 Å².